The summed E-state index contributed by atoms with van der Waals surface area (Å²) < 4.78 is 26.5. The van der Waals surface area contributed by atoms with Crippen molar-refractivity contribution in [2.24, 2.45) is 11.3 Å². The standard InChI is InChI=1S/C13H28N2O2S/c1-12(2)10-13(6-4-5-7-13)11-15-18(16,17)9-8-14-3/h12,14-15H,4-11H2,1-3H3. The summed E-state index contributed by atoms with van der Waals surface area (Å²) in [6, 6.07) is 0. The smallest absolute Gasteiger partial charge is 0.212 e. The number of hydrogen-bond donors (Lipinski definition) is 2. The molecule has 0 unspecified atom stereocenters. The number of rotatable bonds is 8. The summed E-state index contributed by atoms with van der Waals surface area (Å²) in [5.41, 5.74) is 0.209. The molecule has 18 heavy (non-hydrogen) atoms. The first-order valence-electron chi connectivity index (χ1n) is 7.01. The summed E-state index contributed by atoms with van der Waals surface area (Å²) in [5, 5.41) is 2.87. The zero-order chi connectivity index (χ0) is 13.6. The van der Waals surface area contributed by atoms with Crippen molar-refractivity contribution in [2.45, 2.75) is 46.0 Å². The van der Waals surface area contributed by atoms with E-state index >= 15 is 0 Å². The Bertz CT molecular complexity index is 333. The first kappa shape index (κ1) is 15.9. The van der Waals surface area contributed by atoms with Crippen molar-refractivity contribution in [3.63, 3.8) is 0 Å². The van der Waals surface area contributed by atoms with Gasteiger partial charge in [0.2, 0.25) is 10.0 Å². The Kier molecular flexibility index (Phi) is 6.08. The highest BCUT2D eigenvalue weighted by Crippen LogP contribution is 2.42. The average Bonchev–Trinajstić information content (AvgIpc) is 2.72. The van der Waals surface area contributed by atoms with E-state index in [0.717, 1.165) is 6.42 Å². The van der Waals surface area contributed by atoms with E-state index in [9.17, 15) is 8.42 Å². The molecule has 0 heterocycles. The van der Waals surface area contributed by atoms with Gasteiger partial charge in [-0.05, 0) is 37.6 Å². The minimum absolute atomic E-state index is 0.168. The van der Waals surface area contributed by atoms with E-state index < -0.39 is 10.0 Å². The summed E-state index contributed by atoms with van der Waals surface area (Å²) in [4.78, 5) is 0. The average molecular weight is 276 g/mol. The highest BCUT2D eigenvalue weighted by atomic mass is 32.2. The van der Waals surface area contributed by atoms with Crippen LogP contribution in [-0.2, 0) is 10.0 Å². The van der Waals surface area contributed by atoms with Crippen LogP contribution in [0.3, 0.4) is 0 Å². The molecule has 2 N–H and O–H groups in total. The maximum absolute atomic E-state index is 11.8. The zero-order valence-corrected chi connectivity index (χ0v) is 12.8. The van der Waals surface area contributed by atoms with Gasteiger partial charge in [0.1, 0.15) is 0 Å². The molecule has 0 aliphatic heterocycles. The number of hydrogen-bond acceptors (Lipinski definition) is 3. The second-order valence-corrected chi connectivity index (χ2v) is 7.98. The Morgan fingerprint density at radius 3 is 2.33 bits per heavy atom. The van der Waals surface area contributed by atoms with Crippen LogP contribution in [0, 0.1) is 11.3 Å². The van der Waals surface area contributed by atoms with Gasteiger partial charge in [0.05, 0.1) is 5.75 Å². The van der Waals surface area contributed by atoms with E-state index in [4.69, 9.17) is 0 Å². The Balaban J connectivity index is 2.52. The summed E-state index contributed by atoms with van der Waals surface area (Å²) in [5.74, 6) is 0.797. The summed E-state index contributed by atoms with van der Waals surface area (Å²) in [7, 11) is -1.35. The lowest BCUT2D eigenvalue weighted by molar-refractivity contribution is 0.236. The van der Waals surface area contributed by atoms with Crippen molar-refractivity contribution in [3.05, 3.63) is 0 Å². The number of sulfonamides is 1. The SMILES string of the molecule is CNCCS(=O)(=O)NCC1(CC(C)C)CCCC1. The van der Waals surface area contributed by atoms with Gasteiger partial charge in [-0.1, -0.05) is 26.7 Å². The molecule has 0 spiro atoms. The Morgan fingerprint density at radius 2 is 1.83 bits per heavy atom. The monoisotopic (exact) mass is 276 g/mol. The largest absolute Gasteiger partial charge is 0.319 e. The fourth-order valence-electron chi connectivity index (χ4n) is 3.02. The van der Waals surface area contributed by atoms with E-state index in [2.05, 4.69) is 23.9 Å². The fourth-order valence-corrected chi connectivity index (χ4v) is 4.16. The maximum Gasteiger partial charge on any atom is 0.212 e. The van der Waals surface area contributed by atoms with Crippen LogP contribution >= 0.6 is 0 Å². The van der Waals surface area contributed by atoms with Gasteiger partial charge >= 0.3 is 0 Å². The van der Waals surface area contributed by atoms with Gasteiger partial charge in [-0.2, -0.15) is 0 Å². The second-order valence-electron chi connectivity index (χ2n) is 6.05. The molecule has 0 aromatic carbocycles. The highest BCUT2D eigenvalue weighted by molar-refractivity contribution is 7.89. The lowest BCUT2D eigenvalue weighted by Crippen LogP contribution is -2.39. The molecule has 1 fully saturated rings. The van der Waals surface area contributed by atoms with Crippen molar-refractivity contribution in [1.82, 2.24) is 10.0 Å². The van der Waals surface area contributed by atoms with Crippen LogP contribution in [0.15, 0.2) is 0 Å². The molecule has 0 amide bonds. The van der Waals surface area contributed by atoms with Crippen LogP contribution < -0.4 is 10.0 Å². The molecule has 108 valence electrons. The molecule has 1 aliphatic rings. The molecule has 1 aliphatic carbocycles. The van der Waals surface area contributed by atoms with Crippen molar-refractivity contribution in [1.29, 1.82) is 0 Å². The maximum atomic E-state index is 11.8. The van der Waals surface area contributed by atoms with Crippen molar-refractivity contribution >= 4 is 10.0 Å². The van der Waals surface area contributed by atoms with Crippen LogP contribution in [0.2, 0.25) is 0 Å². The van der Waals surface area contributed by atoms with Crippen LogP contribution in [0.5, 0.6) is 0 Å². The van der Waals surface area contributed by atoms with E-state index in [1.165, 1.54) is 25.7 Å². The quantitative estimate of drug-likeness (QED) is 0.710. The van der Waals surface area contributed by atoms with Gasteiger partial charge < -0.3 is 5.32 Å². The van der Waals surface area contributed by atoms with Gasteiger partial charge in [-0.3, -0.25) is 0 Å². The van der Waals surface area contributed by atoms with E-state index in [1.54, 1.807) is 7.05 Å². The third-order valence-electron chi connectivity index (χ3n) is 3.79. The molecular weight excluding hydrogens is 248 g/mol. The molecule has 0 aromatic heterocycles. The van der Waals surface area contributed by atoms with Crippen LogP contribution in [-0.4, -0.2) is 34.3 Å². The summed E-state index contributed by atoms with van der Waals surface area (Å²) >= 11 is 0. The molecule has 4 nitrogen and oxygen atoms in total. The highest BCUT2D eigenvalue weighted by Gasteiger charge is 2.35. The minimum Gasteiger partial charge on any atom is -0.319 e. The summed E-state index contributed by atoms with van der Waals surface area (Å²) in [6.45, 7) is 5.56. The fraction of sp³-hybridized carbons (Fsp3) is 1.00. The minimum atomic E-state index is -3.12. The van der Waals surface area contributed by atoms with E-state index in [1.807, 2.05) is 0 Å². The van der Waals surface area contributed by atoms with Crippen LogP contribution in [0.1, 0.15) is 46.0 Å². The predicted octanol–water partition coefficient (Wildman–Crippen LogP) is 1.73. The predicted molar refractivity (Wildman–Crippen MR) is 76.1 cm³/mol. The Hall–Kier alpha value is -0.130. The molecule has 0 radical (unpaired) electrons. The normalized spacial score (nSPS) is 19.6. The molecule has 0 saturated heterocycles. The van der Waals surface area contributed by atoms with E-state index in [0.29, 0.717) is 19.0 Å². The van der Waals surface area contributed by atoms with Crippen molar-refractivity contribution in [3.8, 4) is 0 Å². The van der Waals surface area contributed by atoms with Gasteiger partial charge in [0, 0.05) is 13.1 Å². The van der Waals surface area contributed by atoms with E-state index in [-0.39, 0.29) is 11.2 Å². The zero-order valence-electron chi connectivity index (χ0n) is 12.0. The van der Waals surface area contributed by atoms with Crippen LogP contribution in [0.25, 0.3) is 0 Å². The second kappa shape index (κ2) is 6.87. The topological polar surface area (TPSA) is 58.2 Å². The molecule has 0 atom stereocenters. The van der Waals surface area contributed by atoms with Gasteiger partial charge in [-0.15, -0.1) is 0 Å². The van der Waals surface area contributed by atoms with Crippen molar-refractivity contribution in [2.75, 3.05) is 25.9 Å². The third-order valence-corrected chi connectivity index (χ3v) is 5.12. The third kappa shape index (κ3) is 5.24. The molecule has 1 saturated carbocycles. The molecule has 1 rings (SSSR count). The van der Waals surface area contributed by atoms with Crippen molar-refractivity contribution < 1.29 is 8.42 Å². The van der Waals surface area contributed by atoms with Gasteiger partial charge in [-0.25, -0.2) is 13.1 Å². The number of nitrogens with one attached hydrogen (secondary N) is 2. The molecule has 0 bridgehead atoms. The Labute approximate surface area is 112 Å². The lowest BCUT2D eigenvalue weighted by atomic mass is 9.79. The molecular formula is C13H28N2O2S. The van der Waals surface area contributed by atoms with Crippen LogP contribution in [0.4, 0.5) is 0 Å². The first-order valence-corrected chi connectivity index (χ1v) is 8.66. The van der Waals surface area contributed by atoms with Gasteiger partial charge in [0.15, 0.2) is 0 Å². The molecule has 5 heteroatoms. The van der Waals surface area contributed by atoms with Gasteiger partial charge in [0.25, 0.3) is 0 Å². The summed E-state index contributed by atoms with van der Waals surface area (Å²) in [6.07, 6.45) is 5.94. The first-order chi connectivity index (χ1) is 8.39. The lowest BCUT2D eigenvalue weighted by Gasteiger charge is -2.31. The Morgan fingerprint density at radius 1 is 1.22 bits per heavy atom. The molecule has 0 aromatic rings.